The fourth-order valence-electron chi connectivity index (χ4n) is 2.88. The van der Waals surface area contributed by atoms with Gasteiger partial charge in [0.1, 0.15) is 0 Å². The van der Waals surface area contributed by atoms with Gasteiger partial charge in [0.25, 0.3) is 0 Å². The van der Waals surface area contributed by atoms with Crippen LogP contribution in [0, 0.1) is 5.92 Å². The van der Waals surface area contributed by atoms with Crippen LogP contribution in [0.3, 0.4) is 0 Å². The Balaban J connectivity index is 1.64. The van der Waals surface area contributed by atoms with Crippen LogP contribution in [-0.4, -0.2) is 24.6 Å². The summed E-state index contributed by atoms with van der Waals surface area (Å²) in [6, 6.07) is 12.0. The van der Waals surface area contributed by atoms with Crippen molar-refractivity contribution in [2.75, 3.05) is 11.4 Å². The number of anilines is 1. The van der Waals surface area contributed by atoms with Gasteiger partial charge in [-0.05, 0) is 30.3 Å². The lowest BCUT2D eigenvalue weighted by molar-refractivity contribution is -0.137. The molecule has 5 nitrogen and oxygen atoms in total. The third-order valence-corrected chi connectivity index (χ3v) is 4.81. The van der Waals surface area contributed by atoms with Crippen LogP contribution < -0.4 is 10.3 Å². The van der Waals surface area contributed by atoms with Gasteiger partial charge in [-0.15, -0.1) is 0 Å². The first-order valence-corrected chi connectivity index (χ1v) is 9.10. The normalized spacial score (nSPS) is 17.4. The summed E-state index contributed by atoms with van der Waals surface area (Å²) in [4.78, 5) is 26.0. The second kappa shape index (κ2) is 8.14. The smallest absolute Gasteiger partial charge is 0.312 e. The molecule has 0 bridgehead atoms. The molecule has 1 atom stereocenters. The Bertz CT molecular complexity index is 913. The van der Waals surface area contributed by atoms with Gasteiger partial charge in [0.15, 0.2) is 0 Å². The number of nitrogens with zero attached hydrogens (tertiary/aromatic N) is 2. The van der Waals surface area contributed by atoms with E-state index in [-0.39, 0.29) is 24.4 Å². The van der Waals surface area contributed by atoms with E-state index in [2.05, 4.69) is 26.5 Å². The Morgan fingerprint density at radius 3 is 2.54 bits per heavy atom. The second-order valence-electron chi connectivity index (χ2n) is 6.20. The van der Waals surface area contributed by atoms with Gasteiger partial charge in [0.05, 0.1) is 17.7 Å². The van der Waals surface area contributed by atoms with Crippen molar-refractivity contribution in [2.24, 2.45) is 11.0 Å². The van der Waals surface area contributed by atoms with Crippen LogP contribution in [0.1, 0.15) is 17.5 Å². The third kappa shape index (κ3) is 4.59. The molecule has 1 aliphatic rings. The molecule has 0 aliphatic carbocycles. The Morgan fingerprint density at radius 1 is 1.18 bits per heavy atom. The average molecular weight is 454 g/mol. The number of hydrazone groups is 1. The second-order valence-corrected chi connectivity index (χ2v) is 7.12. The lowest BCUT2D eigenvalue weighted by Crippen LogP contribution is -2.30. The first-order valence-electron chi connectivity index (χ1n) is 8.31. The zero-order valence-corrected chi connectivity index (χ0v) is 16.0. The van der Waals surface area contributed by atoms with Crippen molar-refractivity contribution in [3.63, 3.8) is 0 Å². The predicted molar refractivity (Wildman–Crippen MR) is 102 cm³/mol. The molecule has 2 aromatic rings. The summed E-state index contributed by atoms with van der Waals surface area (Å²) in [5.41, 5.74) is 1.90. The summed E-state index contributed by atoms with van der Waals surface area (Å²) in [5, 5.41) is 3.63. The molecule has 1 aliphatic heterocycles. The van der Waals surface area contributed by atoms with E-state index in [0.29, 0.717) is 5.69 Å². The standard InChI is InChI=1S/C19H15BrF3N3O2/c20-14-5-7-15(8-6-14)26-11-13(9-17(26)27)18(28)25-24-10-12-3-1-2-4-16(12)19(21,22)23/h1-8,10,13H,9,11H2,(H,25,28)/b24-10-/t13-/m1/s1. The van der Waals surface area contributed by atoms with Crippen molar-refractivity contribution < 1.29 is 22.8 Å². The van der Waals surface area contributed by atoms with Gasteiger partial charge in [0, 0.05) is 28.7 Å². The van der Waals surface area contributed by atoms with Crippen molar-refractivity contribution in [1.82, 2.24) is 5.43 Å². The Hall–Kier alpha value is -2.68. The first-order chi connectivity index (χ1) is 13.3. The number of nitrogens with one attached hydrogen (secondary N) is 1. The van der Waals surface area contributed by atoms with E-state index in [1.807, 2.05) is 0 Å². The maximum Gasteiger partial charge on any atom is 0.417 e. The molecule has 1 heterocycles. The largest absolute Gasteiger partial charge is 0.417 e. The fourth-order valence-corrected chi connectivity index (χ4v) is 3.14. The molecular formula is C19H15BrF3N3O2. The molecule has 3 rings (SSSR count). The highest BCUT2D eigenvalue weighted by Crippen LogP contribution is 2.31. The molecule has 1 N–H and O–H groups in total. The highest BCUT2D eigenvalue weighted by molar-refractivity contribution is 9.10. The van der Waals surface area contributed by atoms with E-state index in [1.54, 1.807) is 24.3 Å². The van der Waals surface area contributed by atoms with Crippen LogP contribution in [0.5, 0.6) is 0 Å². The number of carbonyl (C=O) groups excluding carboxylic acids is 2. The van der Waals surface area contributed by atoms with E-state index >= 15 is 0 Å². The minimum absolute atomic E-state index is 0.0105. The quantitative estimate of drug-likeness (QED) is 0.562. The third-order valence-electron chi connectivity index (χ3n) is 4.28. The molecular weight excluding hydrogens is 439 g/mol. The number of carbonyl (C=O) groups is 2. The Labute approximate surface area is 167 Å². The van der Waals surface area contributed by atoms with Gasteiger partial charge in [-0.3, -0.25) is 9.59 Å². The van der Waals surface area contributed by atoms with Gasteiger partial charge < -0.3 is 4.90 Å². The molecule has 28 heavy (non-hydrogen) atoms. The minimum atomic E-state index is -4.52. The monoisotopic (exact) mass is 453 g/mol. The van der Waals surface area contributed by atoms with Crippen molar-refractivity contribution in [3.8, 4) is 0 Å². The lowest BCUT2D eigenvalue weighted by atomic mass is 10.1. The molecule has 0 unspecified atom stereocenters. The summed E-state index contributed by atoms with van der Waals surface area (Å²) >= 11 is 3.32. The van der Waals surface area contributed by atoms with Crippen LogP contribution in [0.25, 0.3) is 0 Å². The number of alkyl halides is 3. The summed E-state index contributed by atoms with van der Waals surface area (Å²) in [7, 11) is 0. The van der Waals surface area contributed by atoms with Gasteiger partial charge in [-0.25, -0.2) is 5.43 Å². The van der Waals surface area contributed by atoms with Crippen LogP contribution >= 0.6 is 15.9 Å². The van der Waals surface area contributed by atoms with E-state index in [4.69, 9.17) is 0 Å². The van der Waals surface area contributed by atoms with Crippen molar-refractivity contribution >= 4 is 39.6 Å². The average Bonchev–Trinajstić information content (AvgIpc) is 3.04. The Morgan fingerprint density at radius 2 is 1.86 bits per heavy atom. The van der Waals surface area contributed by atoms with E-state index < -0.39 is 23.6 Å². The molecule has 2 amide bonds. The highest BCUT2D eigenvalue weighted by Gasteiger charge is 2.35. The van der Waals surface area contributed by atoms with Crippen molar-refractivity contribution in [2.45, 2.75) is 12.6 Å². The molecule has 146 valence electrons. The lowest BCUT2D eigenvalue weighted by Gasteiger charge is -2.16. The van der Waals surface area contributed by atoms with Crippen LogP contribution in [0.2, 0.25) is 0 Å². The topological polar surface area (TPSA) is 61.8 Å². The van der Waals surface area contributed by atoms with E-state index in [9.17, 15) is 22.8 Å². The number of halogens is 4. The van der Waals surface area contributed by atoms with Gasteiger partial charge in [-0.1, -0.05) is 34.1 Å². The summed E-state index contributed by atoms with van der Waals surface area (Å²) in [6.07, 6.45) is -3.56. The van der Waals surface area contributed by atoms with Crippen LogP contribution in [0.15, 0.2) is 58.1 Å². The van der Waals surface area contributed by atoms with Crippen molar-refractivity contribution in [3.05, 3.63) is 64.1 Å². The molecule has 1 saturated heterocycles. The molecule has 9 heteroatoms. The summed E-state index contributed by atoms with van der Waals surface area (Å²) in [6.45, 7) is 0.182. The van der Waals surface area contributed by atoms with Gasteiger partial charge in [-0.2, -0.15) is 18.3 Å². The highest BCUT2D eigenvalue weighted by atomic mass is 79.9. The summed E-state index contributed by atoms with van der Waals surface area (Å²) < 4.78 is 39.7. The van der Waals surface area contributed by atoms with Crippen LogP contribution in [-0.2, 0) is 15.8 Å². The number of amides is 2. The minimum Gasteiger partial charge on any atom is -0.312 e. The van der Waals surface area contributed by atoms with Gasteiger partial charge >= 0.3 is 6.18 Å². The molecule has 0 radical (unpaired) electrons. The SMILES string of the molecule is O=C(N/N=C\c1ccccc1C(F)(F)F)[C@@H]1CC(=O)N(c2ccc(Br)cc2)C1. The maximum absolute atomic E-state index is 13.0. The summed E-state index contributed by atoms with van der Waals surface area (Å²) in [5.74, 6) is -1.35. The number of rotatable bonds is 4. The molecule has 0 spiro atoms. The first kappa shape index (κ1) is 20.1. The molecule has 2 aromatic carbocycles. The maximum atomic E-state index is 13.0. The van der Waals surface area contributed by atoms with Crippen molar-refractivity contribution in [1.29, 1.82) is 0 Å². The molecule has 0 aromatic heterocycles. The van der Waals surface area contributed by atoms with Gasteiger partial charge in [0.2, 0.25) is 11.8 Å². The van der Waals surface area contributed by atoms with E-state index in [0.717, 1.165) is 16.8 Å². The Kier molecular flexibility index (Phi) is 5.83. The predicted octanol–water partition coefficient (Wildman–Crippen LogP) is 3.97. The van der Waals surface area contributed by atoms with Crippen LogP contribution in [0.4, 0.5) is 18.9 Å². The number of hydrogen-bond acceptors (Lipinski definition) is 3. The number of hydrogen-bond donors (Lipinski definition) is 1. The zero-order valence-electron chi connectivity index (χ0n) is 14.4. The molecule has 0 saturated carbocycles. The fraction of sp³-hybridized carbons (Fsp3) is 0.211. The van der Waals surface area contributed by atoms with E-state index in [1.165, 1.54) is 23.1 Å². The molecule has 1 fully saturated rings. The number of benzene rings is 2. The zero-order chi connectivity index (χ0) is 20.3.